The predicted molar refractivity (Wildman–Crippen MR) is 38.8 cm³/mol. The van der Waals surface area contributed by atoms with E-state index in [2.05, 4.69) is 24.3 Å². The van der Waals surface area contributed by atoms with Crippen LogP contribution in [0.15, 0.2) is 4.67 Å². The number of nitrogens with one attached hydrogen (secondary N) is 1. The first kappa shape index (κ1) is 9.52. The normalized spacial score (nSPS) is 9.00. The Balaban J connectivity index is 3.21. The van der Waals surface area contributed by atoms with Gasteiger partial charge in [-0.2, -0.15) is 0 Å². The van der Waals surface area contributed by atoms with E-state index in [-0.39, 0.29) is 13.0 Å². The summed E-state index contributed by atoms with van der Waals surface area (Å²) < 4.78 is 3.41. The molecule has 10 heavy (non-hydrogen) atoms. The zero-order valence-corrected chi connectivity index (χ0v) is 6.43. The zero-order valence-electron chi connectivity index (χ0n) is 5.28. The van der Waals surface area contributed by atoms with Crippen LogP contribution in [0.5, 0.6) is 0 Å². The Morgan fingerprint density at radius 2 is 2.60 bits per heavy atom. The molecule has 0 fully saturated rings. The van der Waals surface area contributed by atoms with Crippen molar-refractivity contribution in [3.05, 3.63) is 0 Å². The Morgan fingerprint density at radius 1 is 1.90 bits per heavy atom. The van der Waals surface area contributed by atoms with E-state index in [0.717, 1.165) is 0 Å². The zero-order chi connectivity index (χ0) is 7.82. The van der Waals surface area contributed by atoms with Crippen LogP contribution in [0.2, 0.25) is 0 Å². The van der Waals surface area contributed by atoms with Gasteiger partial charge in [0.25, 0.3) is 0 Å². The van der Waals surface area contributed by atoms with Crippen molar-refractivity contribution in [2.45, 2.75) is 6.42 Å². The van der Waals surface area contributed by atoms with Gasteiger partial charge in [0.05, 0.1) is 0 Å². The summed E-state index contributed by atoms with van der Waals surface area (Å²) in [6, 6.07) is 0. The van der Waals surface area contributed by atoms with Crippen molar-refractivity contribution in [2.24, 2.45) is 4.67 Å². The molecular formula is C3H8BN2O3P. The first-order valence-corrected chi connectivity index (χ1v) is 3.10. The maximum atomic E-state index is 10.4. The van der Waals surface area contributed by atoms with E-state index in [1.54, 1.807) is 0 Å². The van der Waals surface area contributed by atoms with Gasteiger partial charge >= 0.3 is 60.4 Å². The van der Waals surface area contributed by atoms with Gasteiger partial charge in [-0.05, 0) is 0 Å². The molecule has 0 radical (unpaired) electrons. The van der Waals surface area contributed by atoms with E-state index in [1.165, 1.54) is 7.21 Å². The third-order valence-corrected chi connectivity index (χ3v) is 0.765. The summed E-state index contributed by atoms with van der Waals surface area (Å²) in [7, 11) is 3.25. The van der Waals surface area contributed by atoms with Crippen molar-refractivity contribution < 1.29 is 14.7 Å². The van der Waals surface area contributed by atoms with Gasteiger partial charge in [0.1, 0.15) is 0 Å². The van der Waals surface area contributed by atoms with Crippen LogP contribution in [0, 0.1) is 0 Å². The molecule has 0 aromatic heterocycles. The summed E-state index contributed by atoms with van der Waals surface area (Å²) in [5.41, 5.74) is 0. The van der Waals surface area contributed by atoms with E-state index in [0.29, 0.717) is 0 Å². The second-order valence-electron chi connectivity index (χ2n) is 1.34. The van der Waals surface area contributed by atoms with Crippen molar-refractivity contribution in [3.8, 4) is 0 Å². The Kier molecular flexibility index (Phi) is 6.33. The number of hydrogen-bond acceptors (Lipinski definition) is 4. The minimum atomic E-state index is -0.521. The number of carbonyl (C=O) groups excluding carboxylic acids is 1. The molecule has 2 N–H and O–H groups in total. The van der Waals surface area contributed by atoms with E-state index in [1.807, 2.05) is 0 Å². The fourth-order valence-corrected chi connectivity index (χ4v) is 0.326. The molecule has 0 heterocycles. The topological polar surface area (TPSA) is 70.9 Å². The predicted octanol–water partition coefficient (Wildman–Crippen LogP) is -0.990. The molecule has 0 amide bonds. The molecule has 0 rings (SSSR count). The molecule has 1 atom stereocenters. The number of aliphatic hydroxyl groups is 1. The quantitative estimate of drug-likeness (QED) is 0.316. The van der Waals surface area contributed by atoms with Gasteiger partial charge in [0, 0.05) is 0 Å². The van der Waals surface area contributed by atoms with Gasteiger partial charge in [-0.15, -0.1) is 0 Å². The van der Waals surface area contributed by atoms with Crippen molar-refractivity contribution in [1.29, 1.82) is 0 Å². The first-order valence-electron chi connectivity index (χ1n) is 2.59. The molecule has 0 aromatic rings. The Labute approximate surface area is 61.3 Å². The van der Waals surface area contributed by atoms with Crippen LogP contribution in [-0.4, -0.2) is 24.9 Å². The average Bonchev–Trinajstić information content (AvgIpc) is 1.89. The second-order valence-corrected chi connectivity index (χ2v) is 1.64. The van der Waals surface area contributed by atoms with Gasteiger partial charge < -0.3 is 0 Å². The van der Waals surface area contributed by atoms with Crippen LogP contribution >= 0.6 is 9.39 Å². The second kappa shape index (κ2) is 6.64. The molecule has 56 valence electrons. The molecule has 1 unspecified atom stereocenters. The van der Waals surface area contributed by atoms with Gasteiger partial charge in [0.2, 0.25) is 0 Å². The van der Waals surface area contributed by atoms with Crippen molar-refractivity contribution >= 4 is 22.6 Å². The number of rotatable bonds is 4. The average molecular weight is 162 g/mol. The van der Waals surface area contributed by atoms with Gasteiger partial charge in [-0.25, -0.2) is 0 Å². The summed E-state index contributed by atoms with van der Waals surface area (Å²) in [6.45, 7) is -0.210. The fraction of sp³-hybridized carbons (Fsp3) is 0.667. The van der Waals surface area contributed by atoms with Crippen LogP contribution < -0.4 is 5.39 Å². The Bertz CT molecular complexity index is 131. The van der Waals surface area contributed by atoms with Gasteiger partial charge in [-0.1, -0.05) is 0 Å². The summed E-state index contributed by atoms with van der Waals surface area (Å²) in [5, 5.41) is 10.4. The summed E-state index contributed by atoms with van der Waals surface area (Å²) in [6.07, 6.45) is -0.0162. The molecule has 0 saturated carbocycles. The van der Waals surface area contributed by atoms with E-state index in [4.69, 9.17) is 5.11 Å². The number of nitrogens with zero attached hydrogens (tertiary/aromatic N) is 1. The maximum absolute atomic E-state index is 10.4. The Morgan fingerprint density at radius 3 is 3.10 bits per heavy atom. The molecule has 0 aliphatic heterocycles. The SMILES string of the molecule is O=C(CCO)ONB=NP. The summed E-state index contributed by atoms with van der Waals surface area (Å²) >= 11 is 0. The number of hydrogen-bond donors (Lipinski definition) is 2. The Hall–Kier alpha value is -0.475. The fourth-order valence-electron chi connectivity index (χ4n) is 0.265. The molecule has 0 spiro atoms. The standard InChI is InChI=1S/C3H8BN2O3P/c7-2-1-3(8)9-5-4-6-10/h5,7H,1-2,10H2. The molecule has 5 nitrogen and oxygen atoms in total. The van der Waals surface area contributed by atoms with E-state index in [9.17, 15) is 4.79 Å². The van der Waals surface area contributed by atoms with Crippen molar-refractivity contribution in [1.82, 2.24) is 5.39 Å². The molecule has 0 aliphatic rings. The van der Waals surface area contributed by atoms with Gasteiger partial charge in [0.15, 0.2) is 0 Å². The van der Waals surface area contributed by atoms with E-state index >= 15 is 0 Å². The molecule has 0 aliphatic carbocycles. The molecular weight excluding hydrogens is 154 g/mol. The minimum absolute atomic E-state index is 0.0162. The van der Waals surface area contributed by atoms with Crippen LogP contribution in [0.3, 0.4) is 0 Å². The summed E-state index contributed by atoms with van der Waals surface area (Å²) in [5.74, 6) is -0.521. The van der Waals surface area contributed by atoms with E-state index < -0.39 is 5.97 Å². The number of carbonyl (C=O) groups is 1. The molecule has 0 saturated heterocycles. The molecule has 0 bridgehead atoms. The first-order chi connectivity index (χ1) is 4.81. The van der Waals surface area contributed by atoms with Crippen LogP contribution in [0.1, 0.15) is 6.42 Å². The molecule has 7 heteroatoms. The van der Waals surface area contributed by atoms with Gasteiger partial charge in [-0.3, -0.25) is 0 Å². The summed E-state index contributed by atoms with van der Waals surface area (Å²) in [4.78, 5) is 14.7. The van der Waals surface area contributed by atoms with Crippen LogP contribution in [0.4, 0.5) is 0 Å². The molecule has 0 aromatic carbocycles. The van der Waals surface area contributed by atoms with Crippen molar-refractivity contribution in [2.75, 3.05) is 6.61 Å². The van der Waals surface area contributed by atoms with Crippen LogP contribution in [0.25, 0.3) is 0 Å². The third kappa shape index (κ3) is 5.66. The van der Waals surface area contributed by atoms with Crippen molar-refractivity contribution in [3.63, 3.8) is 0 Å². The number of aliphatic hydroxyl groups excluding tert-OH is 1. The van der Waals surface area contributed by atoms with Crippen LogP contribution in [-0.2, 0) is 9.63 Å². The monoisotopic (exact) mass is 162 g/mol. The third-order valence-electron chi connectivity index (χ3n) is 0.616.